The van der Waals surface area contributed by atoms with Crippen molar-refractivity contribution in [1.29, 1.82) is 0 Å². The molecule has 0 radical (unpaired) electrons. The van der Waals surface area contributed by atoms with Crippen molar-refractivity contribution in [2.24, 2.45) is 0 Å². The third-order valence-corrected chi connectivity index (χ3v) is 5.91. The maximum atomic E-state index is 13.5. The van der Waals surface area contributed by atoms with Crippen LogP contribution in [-0.2, 0) is 14.8 Å². The second kappa shape index (κ2) is 7.83. The van der Waals surface area contributed by atoms with Gasteiger partial charge in [0.1, 0.15) is 5.75 Å². The van der Waals surface area contributed by atoms with Crippen LogP contribution in [0.15, 0.2) is 42.5 Å². The smallest absolute Gasteiger partial charge is 0.262 e. The normalized spacial score (nSPS) is 15.4. The summed E-state index contributed by atoms with van der Waals surface area (Å²) in [5.41, 5.74) is 0.838. The number of carbonyl (C=O) groups is 1. The van der Waals surface area contributed by atoms with Crippen LogP contribution < -0.4 is 19.1 Å². The van der Waals surface area contributed by atoms with Crippen LogP contribution in [0.1, 0.15) is 6.42 Å². The van der Waals surface area contributed by atoms with Crippen LogP contribution in [0.5, 0.6) is 11.5 Å². The second-order valence-electron chi connectivity index (χ2n) is 5.89. The van der Waals surface area contributed by atoms with Gasteiger partial charge in [-0.15, -0.1) is 0 Å². The highest BCUT2D eigenvalue weighted by Crippen LogP contribution is 2.32. The number of carbonyl (C=O) groups excluding carboxylic acids is 1. The predicted octanol–water partition coefficient (Wildman–Crippen LogP) is 2.39. The lowest BCUT2D eigenvalue weighted by atomic mass is 10.2. The summed E-state index contributed by atoms with van der Waals surface area (Å²) < 4.78 is 49.3. The summed E-state index contributed by atoms with van der Waals surface area (Å²) in [6.07, 6.45) is 0.566. The summed E-state index contributed by atoms with van der Waals surface area (Å²) in [5.74, 6) is -0.651. The van der Waals surface area contributed by atoms with E-state index < -0.39 is 21.7 Å². The number of amides is 1. The molecule has 2 aromatic rings. The van der Waals surface area contributed by atoms with E-state index in [1.807, 2.05) is 0 Å². The lowest BCUT2D eigenvalue weighted by Gasteiger charge is -2.19. The van der Waals surface area contributed by atoms with Crippen molar-refractivity contribution >= 4 is 27.3 Å². The third kappa shape index (κ3) is 4.30. The van der Waals surface area contributed by atoms with E-state index in [0.29, 0.717) is 30.1 Å². The molecule has 0 bridgehead atoms. The van der Waals surface area contributed by atoms with Gasteiger partial charge < -0.3 is 14.8 Å². The number of hydrogen-bond donors (Lipinski definition) is 1. The van der Waals surface area contributed by atoms with E-state index in [1.54, 1.807) is 24.3 Å². The molecule has 1 aliphatic heterocycles. The minimum absolute atomic E-state index is 0.0193. The topological polar surface area (TPSA) is 84.9 Å². The molecule has 2 aromatic carbocycles. The maximum absolute atomic E-state index is 13.5. The molecule has 7 nitrogen and oxygen atoms in total. The zero-order valence-electron chi connectivity index (χ0n) is 14.6. The van der Waals surface area contributed by atoms with Crippen LogP contribution in [0.25, 0.3) is 0 Å². The van der Waals surface area contributed by atoms with E-state index in [-0.39, 0.29) is 18.1 Å². The molecule has 9 heteroatoms. The van der Waals surface area contributed by atoms with E-state index >= 15 is 0 Å². The quantitative estimate of drug-likeness (QED) is 0.813. The van der Waals surface area contributed by atoms with Crippen molar-refractivity contribution in [2.75, 3.05) is 35.6 Å². The van der Waals surface area contributed by atoms with Gasteiger partial charge in [0.2, 0.25) is 10.0 Å². The Hall–Kier alpha value is -2.81. The number of hydrogen-bond acceptors (Lipinski definition) is 5. The van der Waals surface area contributed by atoms with Crippen molar-refractivity contribution < 1.29 is 27.1 Å². The Balaban J connectivity index is 1.69. The molecule has 0 unspecified atom stereocenters. The number of halogens is 1. The van der Waals surface area contributed by atoms with Crippen LogP contribution in [0.2, 0.25) is 0 Å². The molecular formula is C18H19FN2O5S. The van der Waals surface area contributed by atoms with Gasteiger partial charge in [-0.2, -0.15) is 0 Å². The fourth-order valence-corrected chi connectivity index (χ4v) is 4.32. The molecule has 0 aliphatic carbocycles. The number of anilines is 2. The fourth-order valence-electron chi connectivity index (χ4n) is 2.76. The number of sulfonamides is 1. The monoisotopic (exact) mass is 394 g/mol. The average molecular weight is 394 g/mol. The van der Waals surface area contributed by atoms with Crippen LogP contribution in [-0.4, -0.2) is 40.3 Å². The van der Waals surface area contributed by atoms with Crippen molar-refractivity contribution in [3.05, 3.63) is 48.3 Å². The van der Waals surface area contributed by atoms with Crippen molar-refractivity contribution in [1.82, 2.24) is 0 Å². The predicted molar refractivity (Wildman–Crippen MR) is 99.3 cm³/mol. The van der Waals surface area contributed by atoms with Crippen LogP contribution in [0.3, 0.4) is 0 Å². The number of para-hydroxylation sites is 1. The number of ether oxygens (including phenoxy) is 2. The van der Waals surface area contributed by atoms with Gasteiger partial charge in [0.15, 0.2) is 18.2 Å². The lowest BCUT2D eigenvalue weighted by Crippen LogP contribution is -2.25. The molecule has 0 atom stereocenters. The molecule has 1 amide bonds. The third-order valence-electron chi connectivity index (χ3n) is 4.04. The molecule has 3 rings (SSSR count). The summed E-state index contributed by atoms with van der Waals surface area (Å²) in [6.45, 7) is 0.0278. The Morgan fingerprint density at radius 2 is 2.00 bits per heavy atom. The van der Waals surface area contributed by atoms with E-state index in [9.17, 15) is 17.6 Å². The van der Waals surface area contributed by atoms with Crippen LogP contribution in [0, 0.1) is 5.82 Å². The SMILES string of the molecule is COc1cc(N2CCCS2(=O)=O)ccc1NC(=O)COc1ccccc1F. The molecule has 0 spiro atoms. The molecule has 0 saturated carbocycles. The van der Waals surface area contributed by atoms with Gasteiger partial charge in [0.05, 0.1) is 24.2 Å². The molecule has 27 heavy (non-hydrogen) atoms. The highest BCUT2D eigenvalue weighted by molar-refractivity contribution is 7.93. The average Bonchev–Trinajstić information content (AvgIpc) is 3.00. The van der Waals surface area contributed by atoms with E-state index in [1.165, 1.54) is 29.6 Å². The highest BCUT2D eigenvalue weighted by Gasteiger charge is 2.29. The molecule has 0 aromatic heterocycles. The zero-order valence-corrected chi connectivity index (χ0v) is 15.5. The summed E-state index contributed by atoms with van der Waals surface area (Å²) in [6, 6.07) is 10.5. The van der Waals surface area contributed by atoms with Gasteiger partial charge >= 0.3 is 0 Å². The summed E-state index contributed by atoms with van der Waals surface area (Å²) in [4.78, 5) is 12.1. The Kier molecular flexibility index (Phi) is 5.50. The first kappa shape index (κ1) is 19.0. The van der Waals surface area contributed by atoms with Gasteiger partial charge in [-0.3, -0.25) is 9.10 Å². The first-order valence-corrected chi connectivity index (χ1v) is 9.87. The number of methoxy groups -OCH3 is 1. The number of nitrogens with zero attached hydrogens (tertiary/aromatic N) is 1. The number of rotatable bonds is 6. The highest BCUT2D eigenvalue weighted by atomic mass is 32.2. The molecule has 1 saturated heterocycles. The number of nitrogens with one attached hydrogen (secondary N) is 1. The van der Waals surface area contributed by atoms with Crippen LogP contribution in [0.4, 0.5) is 15.8 Å². The molecule has 1 N–H and O–H groups in total. The Labute approximate surface area is 156 Å². The van der Waals surface area contributed by atoms with E-state index in [0.717, 1.165) is 0 Å². The first-order chi connectivity index (χ1) is 12.9. The molecular weight excluding hydrogens is 375 g/mol. The van der Waals surface area contributed by atoms with Crippen molar-refractivity contribution in [3.63, 3.8) is 0 Å². The largest absolute Gasteiger partial charge is 0.494 e. The Morgan fingerprint density at radius 1 is 1.22 bits per heavy atom. The Bertz CT molecular complexity index is 949. The van der Waals surface area contributed by atoms with Gasteiger partial charge in [-0.05, 0) is 30.7 Å². The fraction of sp³-hybridized carbons (Fsp3) is 0.278. The summed E-state index contributed by atoms with van der Waals surface area (Å²) >= 11 is 0. The number of benzene rings is 2. The van der Waals surface area contributed by atoms with Crippen molar-refractivity contribution in [2.45, 2.75) is 6.42 Å². The second-order valence-corrected chi connectivity index (χ2v) is 7.91. The molecule has 144 valence electrons. The minimum Gasteiger partial charge on any atom is -0.494 e. The molecule has 1 fully saturated rings. The zero-order chi connectivity index (χ0) is 19.4. The first-order valence-electron chi connectivity index (χ1n) is 8.26. The summed E-state index contributed by atoms with van der Waals surface area (Å²) in [7, 11) is -1.89. The molecule has 1 heterocycles. The van der Waals surface area contributed by atoms with E-state index in [4.69, 9.17) is 9.47 Å². The Morgan fingerprint density at radius 3 is 2.67 bits per heavy atom. The lowest BCUT2D eigenvalue weighted by molar-refractivity contribution is -0.118. The van der Waals surface area contributed by atoms with Gasteiger partial charge in [0.25, 0.3) is 5.91 Å². The standard InChI is InChI=1S/C18H19FN2O5S/c1-25-17-11-13(21-9-4-10-27(21,23)24)7-8-15(17)20-18(22)12-26-16-6-3-2-5-14(16)19/h2-3,5-8,11H,4,9-10,12H2,1H3,(H,20,22). The van der Waals surface area contributed by atoms with Gasteiger partial charge in [-0.1, -0.05) is 12.1 Å². The van der Waals surface area contributed by atoms with Gasteiger partial charge in [-0.25, -0.2) is 12.8 Å². The van der Waals surface area contributed by atoms with Crippen molar-refractivity contribution in [3.8, 4) is 11.5 Å². The maximum Gasteiger partial charge on any atom is 0.262 e. The van der Waals surface area contributed by atoms with E-state index in [2.05, 4.69) is 5.32 Å². The minimum atomic E-state index is -3.31. The van der Waals surface area contributed by atoms with Crippen LogP contribution >= 0.6 is 0 Å². The van der Waals surface area contributed by atoms with Gasteiger partial charge in [0, 0.05) is 12.6 Å². The summed E-state index contributed by atoms with van der Waals surface area (Å²) in [5, 5.41) is 2.61. The molecule has 1 aliphatic rings.